The Morgan fingerprint density at radius 3 is 2.70 bits per heavy atom. The quantitative estimate of drug-likeness (QED) is 0.601. The Morgan fingerprint density at radius 1 is 1.30 bits per heavy atom. The van der Waals surface area contributed by atoms with E-state index in [1.807, 2.05) is 0 Å². The first-order valence-corrected chi connectivity index (χ1v) is 8.02. The van der Waals surface area contributed by atoms with Gasteiger partial charge in [0, 0.05) is 11.6 Å². The Balaban J connectivity index is 2.40. The Hall–Kier alpha value is -1.02. The maximum absolute atomic E-state index is 12.7. The highest BCUT2D eigenvalue weighted by Crippen LogP contribution is 2.46. The zero-order valence-corrected chi connectivity index (χ0v) is 13.4. The van der Waals surface area contributed by atoms with Crippen LogP contribution in [0.5, 0.6) is 0 Å². The van der Waals surface area contributed by atoms with Gasteiger partial charge in [-0.1, -0.05) is 38.5 Å². The molecule has 0 aliphatic carbocycles. The standard InChI is InChI=1S/C17H24ClNO/c1-12(2)11-17(9-4-5-10-18)14-8-6-7-13(3)15(14)19-16(17)20/h6-8,12H,4-5,9-11H2,1-3H3,(H,19,20). The predicted molar refractivity (Wildman–Crippen MR) is 85.5 cm³/mol. The van der Waals surface area contributed by atoms with Crippen LogP contribution >= 0.6 is 11.6 Å². The third kappa shape index (κ3) is 2.71. The van der Waals surface area contributed by atoms with Crippen molar-refractivity contribution in [2.24, 2.45) is 5.92 Å². The van der Waals surface area contributed by atoms with Gasteiger partial charge in [0.2, 0.25) is 5.91 Å². The van der Waals surface area contributed by atoms with Gasteiger partial charge in [0.05, 0.1) is 5.41 Å². The number of carbonyl (C=O) groups is 1. The summed E-state index contributed by atoms with van der Waals surface area (Å²) >= 11 is 5.80. The molecule has 1 aliphatic rings. The topological polar surface area (TPSA) is 29.1 Å². The van der Waals surface area contributed by atoms with E-state index in [1.54, 1.807) is 0 Å². The number of unbranched alkanes of at least 4 members (excludes halogenated alkanes) is 1. The van der Waals surface area contributed by atoms with Crippen molar-refractivity contribution in [3.8, 4) is 0 Å². The summed E-state index contributed by atoms with van der Waals surface area (Å²) in [6.07, 6.45) is 3.75. The molecule has 1 aliphatic heterocycles. The molecule has 0 spiro atoms. The molecule has 0 aromatic heterocycles. The van der Waals surface area contributed by atoms with Gasteiger partial charge < -0.3 is 5.32 Å². The van der Waals surface area contributed by atoms with E-state index in [0.29, 0.717) is 11.8 Å². The number of amides is 1. The zero-order valence-electron chi connectivity index (χ0n) is 12.6. The maximum atomic E-state index is 12.7. The molecule has 20 heavy (non-hydrogen) atoms. The number of halogens is 1. The summed E-state index contributed by atoms with van der Waals surface area (Å²) in [5.74, 6) is 1.33. The molecule has 1 unspecified atom stereocenters. The normalized spacial score (nSPS) is 21.1. The second kappa shape index (κ2) is 6.17. The van der Waals surface area contributed by atoms with Crippen molar-refractivity contribution < 1.29 is 4.79 Å². The fraction of sp³-hybridized carbons (Fsp3) is 0.588. The van der Waals surface area contributed by atoms with E-state index < -0.39 is 0 Å². The number of nitrogens with one attached hydrogen (secondary N) is 1. The summed E-state index contributed by atoms with van der Waals surface area (Å²) in [7, 11) is 0. The van der Waals surface area contributed by atoms with Crippen molar-refractivity contribution >= 4 is 23.2 Å². The van der Waals surface area contributed by atoms with Crippen molar-refractivity contribution in [3.05, 3.63) is 29.3 Å². The lowest BCUT2D eigenvalue weighted by atomic mass is 9.71. The molecule has 1 aromatic rings. The summed E-state index contributed by atoms with van der Waals surface area (Å²) in [6, 6.07) is 6.23. The lowest BCUT2D eigenvalue weighted by molar-refractivity contribution is -0.121. The first kappa shape index (κ1) is 15.4. The van der Waals surface area contributed by atoms with Gasteiger partial charge in [-0.15, -0.1) is 11.6 Å². The minimum Gasteiger partial charge on any atom is -0.325 e. The van der Waals surface area contributed by atoms with Crippen LogP contribution in [0.3, 0.4) is 0 Å². The number of para-hydroxylation sites is 1. The van der Waals surface area contributed by atoms with Crippen LogP contribution in [-0.2, 0) is 10.2 Å². The third-order valence-electron chi connectivity index (χ3n) is 4.21. The second-order valence-electron chi connectivity index (χ2n) is 6.28. The molecule has 2 rings (SSSR count). The van der Waals surface area contributed by atoms with Gasteiger partial charge in [-0.2, -0.15) is 0 Å². The van der Waals surface area contributed by atoms with Crippen molar-refractivity contribution in [2.45, 2.75) is 51.9 Å². The van der Waals surface area contributed by atoms with Crippen molar-refractivity contribution in [1.82, 2.24) is 0 Å². The molecule has 3 heteroatoms. The number of aryl methyl sites for hydroxylation is 1. The molecule has 110 valence electrons. The van der Waals surface area contributed by atoms with Crippen LogP contribution in [0.2, 0.25) is 0 Å². The second-order valence-corrected chi connectivity index (χ2v) is 6.66. The van der Waals surface area contributed by atoms with Crippen LogP contribution in [0.4, 0.5) is 5.69 Å². The van der Waals surface area contributed by atoms with Crippen LogP contribution in [0, 0.1) is 12.8 Å². The number of carbonyl (C=O) groups excluding carboxylic acids is 1. The van der Waals surface area contributed by atoms with Crippen LogP contribution in [-0.4, -0.2) is 11.8 Å². The summed E-state index contributed by atoms with van der Waals surface area (Å²) in [6.45, 7) is 6.43. The van der Waals surface area contributed by atoms with Gasteiger partial charge in [0.25, 0.3) is 0 Å². The third-order valence-corrected chi connectivity index (χ3v) is 4.47. The van der Waals surface area contributed by atoms with E-state index in [4.69, 9.17) is 11.6 Å². The van der Waals surface area contributed by atoms with Gasteiger partial charge in [0.15, 0.2) is 0 Å². The highest BCUT2D eigenvalue weighted by atomic mass is 35.5. The first-order chi connectivity index (χ1) is 9.51. The van der Waals surface area contributed by atoms with Gasteiger partial charge in [-0.25, -0.2) is 0 Å². The van der Waals surface area contributed by atoms with Gasteiger partial charge in [-0.3, -0.25) is 4.79 Å². The average Bonchev–Trinajstić information content (AvgIpc) is 2.65. The highest BCUT2D eigenvalue weighted by Gasteiger charge is 2.46. The monoisotopic (exact) mass is 293 g/mol. The SMILES string of the molecule is Cc1cccc2c1NC(=O)C2(CCCCCl)CC(C)C. The fourth-order valence-electron chi connectivity index (χ4n) is 3.36. The maximum Gasteiger partial charge on any atom is 0.235 e. The summed E-state index contributed by atoms with van der Waals surface area (Å²) in [5, 5.41) is 3.12. The Bertz CT molecular complexity index is 498. The van der Waals surface area contributed by atoms with Crippen molar-refractivity contribution in [1.29, 1.82) is 0 Å². The van der Waals surface area contributed by atoms with Crippen LogP contribution in [0.15, 0.2) is 18.2 Å². The lowest BCUT2D eigenvalue weighted by Gasteiger charge is -2.29. The number of benzene rings is 1. The molecule has 1 atom stereocenters. The van der Waals surface area contributed by atoms with E-state index >= 15 is 0 Å². The van der Waals surface area contributed by atoms with E-state index in [0.717, 1.165) is 36.9 Å². The summed E-state index contributed by atoms with van der Waals surface area (Å²) in [4.78, 5) is 12.7. The molecule has 0 fully saturated rings. The number of hydrogen-bond acceptors (Lipinski definition) is 1. The molecular weight excluding hydrogens is 270 g/mol. The van der Waals surface area contributed by atoms with Crippen LogP contribution < -0.4 is 5.32 Å². The minimum absolute atomic E-state index is 0.171. The van der Waals surface area contributed by atoms with Gasteiger partial charge in [0.1, 0.15) is 0 Å². The van der Waals surface area contributed by atoms with Gasteiger partial charge >= 0.3 is 0 Å². The number of rotatable bonds is 6. The number of hydrogen-bond donors (Lipinski definition) is 1. The predicted octanol–water partition coefficient (Wildman–Crippen LogP) is 4.64. The molecule has 1 heterocycles. The molecule has 1 N–H and O–H groups in total. The average molecular weight is 294 g/mol. The Labute approximate surface area is 126 Å². The fourth-order valence-corrected chi connectivity index (χ4v) is 3.55. The molecule has 0 radical (unpaired) electrons. The highest BCUT2D eigenvalue weighted by molar-refractivity contribution is 6.17. The minimum atomic E-state index is -0.360. The molecule has 0 saturated carbocycles. The van der Waals surface area contributed by atoms with E-state index in [-0.39, 0.29) is 11.3 Å². The molecule has 2 nitrogen and oxygen atoms in total. The van der Waals surface area contributed by atoms with Crippen LogP contribution in [0.1, 0.15) is 50.7 Å². The molecule has 0 saturated heterocycles. The summed E-state index contributed by atoms with van der Waals surface area (Å²) in [5.41, 5.74) is 3.01. The first-order valence-electron chi connectivity index (χ1n) is 7.49. The number of fused-ring (bicyclic) bond motifs is 1. The Kier molecular flexibility index (Phi) is 4.74. The molecular formula is C17H24ClNO. The molecule has 1 amide bonds. The molecule has 0 bridgehead atoms. The van der Waals surface area contributed by atoms with E-state index in [9.17, 15) is 4.79 Å². The zero-order chi connectivity index (χ0) is 14.8. The lowest BCUT2D eigenvalue weighted by Crippen LogP contribution is -2.36. The van der Waals surface area contributed by atoms with E-state index in [2.05, 4.69) is 44.3 Å². The van der Waals surface area contributed by atoms with Crippen LogP contribution in [0.25, 0.3) is 0 Å². The van der Waals surface area contributed by atoms with Gasteiger partial charge in [-0.05, 0) is 43.2 Å². The summed E-state index contributed by atoms with van der Waals surface area (Å²) < 4.78 is 0. The van der Waals surface area contributed by atoms with Crippen molar-refractivity contribution in [2.75, 3.05) is 11.2 Å². The Morgan fingerprint density at radius 2 is 2.05 bits per heavy atom. The number of alkyl halides is 1. The van der Waals surface area contributed by atoms with E-state index in [1.165, 1.54) is 5.56 Å². The smallest absolute Gasteiger partial charge is 0.235 e. The number of anilines is 1. The van der Waals surface area contributed by atoms with Crippen molar-refractivity contribution in [3.63, 3.8) is 0 Å². The largest absolute Gasteiger partial charge is 0.325 e. The molecule has 1 aromatic carbocycles.